The fourth-order valence-electron chi connectivity index (χ4n) is 2.00. The van der Waals surface area contributed by atoms with Crippen LogP contribution in [0.5, 0.6) is 0 Å². The van der Waals surface area contributed by atoms with Crippen molar-refractivity contribution in [3.63, 3.8) is 0 Å². The highest BCUT2D eigenvalue weighted by Gasteiger charge is 2.24. The lowest BCUT2D eigenvalue weighted by molar-refractivity contribution is 0.00274. The SMILES string of the molecule is CC(C)COC1=CC(OC(C)C)CC(CO)C1. The smallest absolute Gasteiger partial charge is 0.0949 e. The molecule has 0 heterocycles. The van der Waals surface area contributed by atoms with Gasteiger partial charge in [-0.1, -0.05) is 13.8 Å². The molecule has 0 aromatic carbocycles. The molecule has 0 spiro atoms. The second kappa shape index (κ2) is 7.02. The molecule has 1 aliphatic rings. The fraction of sp³-hybridized carbons (Fsp3) is 0.857. The molecule has 0 saturated carbocycles. The van der Waals surface area contributed by atoms with E-state index in [-0.39, 0.29) is 24.7 Å². The third kappa shape index (κ3) is 5.55. The summed E-state index contributed by atoms with van der Waals surface area (Å²) in [5.74, 6) is 1.77. The van der Waals surface area contributed by atoms with Crippen molar-refractivity contribution in [2.24, 2.45) is 11.8 Å². The molecule has 3 nitrogen and oxygen atoms in total. The molecule has 0 saturated heterocycles. The van der Waals surface area contributed by atoms with E-state index in [2.05, 4.69) is 19.9 Å². The van der Waals surface area contributed by atoms with Crippen molar-refractivity contribution >= 4 is 0 Å². The van der Waals surface area contributed by atoms with Crippen LogP contribution in [0.25, 0.3) is 0 Å². The van der Waals surface area contributed by atoms with Gasteiger partial charge in [0.15, 0.2) is 0 Å². The van der Waals surface area contributed by atoms with Gasteiger partial charge in [-0.2, -0.15) is 0 Å². The lowest BCUT2D eigenvalue weighted by atomic mass is 9.91. The minimum absolute atomic E-state index is 0.0862. The van der Waals surface area contributed by atoms with Crippen LogP contribution in [0, 0.1) is 11.8 Å². The summed E-state index contributed by atoms with van der Waals surface area (Å²) >= 11 is 0. The minimum Gasteiger partial charge on any atom is -0.498 e. The zero-order chi connectivity index (χ0) is 12.8. The third-order valence-corrected chi connectivity index (χ3v) is 2.73. The molecule has 0 aromatic rings. The van der Waals surface area contributed by atoms with Gasteiger partial charge in [-0.05, 0) is 38.2 Å². The van der Waals surface area contributed by atoms with Gasteiger partial charge in [-0.15, -0.1) is 0 Å². The number of hydrogen-bond donors (Lipinski definition) is 1. The van der Waals surface area contributed by atoms with Gasteiger partial charge < -0.3 is 14.6 Å². The number of hydrogen-bond acceptors (Lipinski definition) is 3. The zero-order valence-corrected chi connectivity index (χ0v) is 11.5. The molecule has 0 aromatic heterocycles. The summed E-state index contributed by atoms with van der Waals surface area (Å²) in [6.45, 7) is 9.28. The van der Waals surface area contributed by atoms with Gasteiger partial charge in [0.1, 0.15) is 0 Å². The molecule has 1 rings (SSSR count). The molecule has 0 radical (unpaired) electrons. The second-order valence-electron chi connectivity index (χ2n) is 5.55. The van der Waals surface area contributed by atoms with Crippen LogP contribution < -0.4 is 0 Å². The van der Waals surface area contributed by atoms with Gasteiger partial charge in [-0.25, -0.2) is 0 Å². The first-order valence-corrected chi connectivity index (χ1v) is 6.61. The Balaban J connectivity index is 2.55. The summed E-state index contributed by atoms with van der Waals surface area (Å²) < 4.78 is 11.6. The molecule has 0 amide bonds. The third-order valence-electron chi connectivity index (χ3n) is 2.73. The van der Waals surface area contributed by atoms with Crippen molar-refractivity contribution in [1.82, 2.24) is 0 Å². The predicted octanol–water partition coefficient (Wildman–Crippen LogP) is 2.74. The maximum atomic E-state index is 9.30. The van der Waals surface area contributed by atoms with Crippen LogP contribution in [-0.4, -0.2) is 30.5 Å². The van der Waals surface area contributed by atoms with E-state index in [0.717, 1.165) is 25.2 Å². The number of ether oxygens (including phenoxy) is 2. The standard InChI is InChI=1S/C14H26O3/c1-10(2)9-16-13-5-12(8-15)6-14(7-13)17-11(3)4/h7,10-12,14-15H,5-6,8-9H2,1-4H3. The molecule has 1 aliphatic carbocycles. The van der Waals surface area contributed by atoms with Crippen molar-refractivity contribution in [1.29, 1.82) is 0 Å². The number of allylic oxidation sites excluding steroid dienone is 1. The van der Waals surface area contributed by atoms with E-state index in [1.165, 1.54) is 0 Å². The quantitative estimate of drug-likeness (QED) is 0.778. The Hall–Kier alpha value is -0.540. The van der Waals surface area contributed by atoms with Crippen LogP contribution >= 0.6 is 0 Å². The lowest BCUT2D eigenvalue weighted by Crippen LogP contribution is -2.26. The van der Waals surface area contributed by atoms with E-state index in [9.17, 15) is 5.11 Å². The van der Waals surface area contributed by atoms with E-state index >= 15 is 0 Å². The van der Waals surface area contributed by atoms with E-state index in [1.807, 2.05) is 13.8 Å². The Morgan fingerprint density at radius 2 is 2.06 bits per heavy atom. The number of aliphatic hydroxyl groups excluding tert-OH is 1. The highest BCUT2D eigenvalue weighted by molar-refractivity contribution is 5.05. The van der Waals surface area contributed by atoms with Crippen LogP contribution in [0.1, 0.15) is 40.5 Å². The zero-order valence-electron chi connectivity index (χ0n) is 11.5. The number of rotatable bonds is 6. The monoisotopic (exact) mass is 242 g/mol. The largest absolute Gasteiger partial charge is 0.498 e. The van der Waals surface area contributed by atoms with Crippen molar-refractivity contribution in [3.05, 3.63) is 11.8 Å². The van der Waals surface area contributed by atoms with Crippen LogP contribution in [0.3, 0.4) is 0 Å². The fourth-order valence-corrected chi connectivity index (χ4v) is 2.00. The normalized spacial score (nSPS) is 25.2. The average molecular weight is 242 g/mol. The summed E-state index contributed by atoms with van der Waals surface area (Å²) in [6, 6.07) is 0. The van der Waals surface area contributed by atoms with Crippen LogP contribution in [-0.2, 0) is 9.47 Å². The summed E-state index contributed by atoms with van der Waals surface area (Å²) in [5.41, 5.74) is 0. The van der Waals surface area contributed by atoms with Gasteiger partial charge in [0.2, 0.25) is 0 Å². The Morgan fingerprint density at radius 1 is 1.35 bits per heavy atom. The molecular weight excluding hydrogens is 216 g/mol. The Kier molecular flexibility index (Phi) is 6.00. The summed E-state index contributed by atoms with van der Waals surface area (Å²) in [7, 11) is 0. The minimum atomic E-state index is 0.0862. The van der Waals surface area contributed by atoms with Crippen molar-refractivity contribution < 1.29 is 14.6 Å². The molecule has 0 fully saturated rings. The van der Waals surface area contributed by atoms with Gasteiger partial charge in [0.25, 0.3) is 0 Å². The highest BCUT2D eigenvalue weighted by Crippen LogP contribution is 2.27. The lowest BCUT2D eigenvalue weighted by Gasteiger charge is -2.29. The van der Waals surface area contributed by atoms with E-state index in [4.69, 9.17) is 9.47 Å². The Labute approximate surface area is 105 Å². The molecular formula is C14H26O3. The molecule has 0 aliphatic heterocycles. The number of aliphatic hydroxyl groups is 1. The van der Waals surface area contributed by atoms with Crippen molar-refractivity contribution in [3.8, 4) is 0 Å². The van der Waals surface area contributed by atoms with Crippen LogP contribution in [0.2, 0.25) is 0 Å². The first-order valence-electron chi connectivity index (χ1n) is 6.61. The molecule has 2 atom stereocenters. The van der Waals surface area contributed by atoms with Gasteiger partial charge in [0, 0.05) is 13.0 Å². The maximum Gasteiger partial charge on any atom is 0.0949 e. The van der Waals surface area contributed by atoms with Crippen molar-refractivity contribution in [2.45, 2.75) is 52.7 Å². The Morgan fingerprint density at radius 3 is 2.59 bits per heavy atom. The highest BCUT2D eigenvalue weighted by atomic mass is 16.5. The maximum absolute atomic E-state index is 9.30. The van der Waals surface area contributed by atoms with Gasteiger partial charge in [0.05, 0.1) is 24.6 Å². The predicted molar refractivity (Wildman–Crippen MR) is 68.7 cm³/mol. The molecule has 0 bridgehead atoms. The van der Waals surface area contributed by atoms with E-state index in [0.29, 0.717) is 5.92 Å². The van der Waals surface area contributed by atoms with E-state index in [1.54, 1.807) is 0 Å². The molecule has 2 unspecified atom stereocenters. The summed E-state index contributed by atoms with van der Waals surface area (Å²) in [5, 5.41) is 9.30. The van der Waals surface area contributed by atoms with Crippen LogP contribution in [0.15, 0.2) is 11.8 Å². The topological polar surface area (TPSA) is 38.7 Å². The summed E-state index contributed by atoms with van der Waals surface area (Å²) in [4.78, 5) is 0. The van der Waals surface area contributed by atoms with Gasteiger partial charge in [-0.3, -0.25) is 0 Å². The van der Waals surface area contributed by atoms with Gasteiger partial charge >= 0.3 is 0 Å². The van der Waals surface area contributed by atoms with Crippen molar-refractivity contribution in [2.75, 3.05) is 13.2 Å². The molecule has 3 heteroatoms. The molecule has 100 valence electrons. The molecule has 17 heavy (non-hydrogen) atoms. The summed E-state index contributed by atoms with van der Waals surface area (Å²) in [6.07, 6.45) is 4.10. The van der Waals surface area contributed by atoms with E-state index < -0.39 is 0 Å². The first kappa shape index (κ1) is 14.5. The average Bonchev–Trinajstić information content (AvgIpc) is 2.25. The first-order chi connectivity index (χ1) is 8.01. The second-order valence-corrected chi connectivity index (χ2v) is 5.55. The van der Waals surface area contributed by atoms with Crippen LogP contribution in [0.4, 0.5) is 0 Å². The Bertz CT molecular complexity index is 246. The molecule has 1 N–H and O–H groups in total.